The van der Waals surface area contributed by atoms with E-state index < -0.39 is 0 Å². The molecule has 128 valence electrons. The fraction of sp³-hybridized carbons (Fsp3) is 0.526. The Bertz CT molecular complexity index is 766. The zero-order chi connectivity index (χ0) is 17.5. The molecule has 3 rings (SSSR count). The number of carbonyl (C=O) groups is 1. The Morgan fingerprint density at radius 1 is 1.25 bits per heavy atom. The number of anilines is 1. The average Bonchev–Trinajstić information content (AvgIpc) is 2.88. The Hall–Kier alpha value is -2.17. The van der Waals surface area contributed by atoms with Crippen molar-refractivity contribution >= 4 is 22.8 Å². The molecule has 1 atom stereocenters. The molecule has 1 aliphatic rings. The quantitative estimate of drug-likeness (QED) is 0.870. The number of hydrogen-bond acceptors (Lipinski definition) is 4. The maximum atomic E-state index is 12.3. The molecular weight excluding hydrogens is 300 g/mol. The number of nitrogens with zero attached hydrogens (tertiary/aromatic N) is 4. The summed E-state index contributed by atoms with van der Waals surface area (Å²) in [5, 5.41) is 1.09. The van der Waals surface area contributed by atoms with Gasteiger partial charge in [-0.3, -0.25) is 4.79 Å². The Balaban J connectivity index is 1.76. The largest absolute Gasteiger partial charge is 0.344 e. The lowest BCUT2D eigenvalue weighted by molar-refractivity contribution is -0.131. The first-order valence-corrected chi connectivity index (χ1v) is 8.50. The number of benzene rings is 1. The van der Waals surface area contributed by atoms with Crippen LogP contribution in [0.15, 0.2) is 24.3 Å². The Morgan fingerprint density at radius 2 is 1.96 bits per heavy atom. The summed E-state index contributed by atoms with van der Waals surface area (Å²) in [5.41, 5.74) is 1.84. The van der Waals surface area contributed by atoms with Gasteiger partial charge in [-0.05, 0) is 33.8 Å². The van der Waals surface area contributed by atoms with Crippen molar-refractivity contribution in [2.45, 2.75) is 39.7 Å². The molecule has 1 aromatic carbocycles. The van der Waals surface area contributed by atoms with E-state index in [-0.39, 0.29) is 11.4 Å². The molecule has 1 aromatic heterocycles. The number of para-hydroxylation sites is 1. The molecule has 2 heterocycles. The minimum absolute atomic E-state index is 0.111. The minimum atomic E-state index is -0.111. The summed E-state index contributed by atoms with van der Waals surface area (Å²) in [6.45, 7) is 9.88. The monoisotopic (exact) mass is 326 g/mol. The van der Waals surface area contributed by atoms with Crippen LogP contribution in [0.2, 0.25) is 0 Å². The molecule has 0 radical (unpaired) electrons. The van der Waals surface area contributed by atoms with Gasteiger partial charge in [0.25, 0.3) is 0 Å². The van der Waals surface area contributed by atoms with Gasteiger partial charge in [0.05, 0.1) is 11.2 Å². The highest BCUT2D eigenvalue weighted by atomic mass is 16.2. The van der Waals surface area contributed by atoms with Gasteiger partial charge in [-0.2, -0.15) is 0 Å². The summed E-state index contributed by atoms with van der Waals surface area (Å²) in [6, 6.07) is 8.07. The van der Waals surface area contributed by atoms with Crippen LogP contribution < -0.4 is 4.90 Å². The molecule has 2 aromatic rings. The van der Waals surface area contributed by atoms with Crippen LogP contribution in [0.4, 0.5) is 5.95 Å². The normalized spacial score (nSPS) is 18.5. The Morgan fingerprint density at radius 3 is 2.62 bits per heavy atom. The molecular formula is C19H26N4O. The first-order valence-electron chi connectivity index (χ1n) is 8.50. The van der Waals surface area contributed by atoms with Crippen molar-refractivity contribution in [1.82, 2.24) is 14.9 Å². The Labute approximate surface area is 143 Å². The number of fused-ring (bicyclic) bond motifs is 1. The lowest BCUT2D eigenvalue weighted by Gasteiger charge is -2.32. The van der Waals surface area contributed by atoms with Crippen LogP contribution in [-0.4, -0.2) is 46.5 Å². The van der Waals surface area contributed by atoms with E-state index in [9.17, 15) is 4.79 Å². The van der Waals surface area contributed by atoms with Crippen molar-refractivity contribution in [2.75, 3.05) is 25.0 Å². The van der Waals surface area contributed by atoms with E-state index in [2.05, 4.69) is 35.6 Å². The highest BCUT2D eigenvalue weighted by Gasteiger charge is 2.36. The number of likely N-dealkylation sites (tertiary alicyclic amines) is 1. The molecule has 5 heteroatoms. The zero-order valence-electron chi connectivity index (χ0n) is 15.2. The molecule has 0 aliphatic carbocycles. The van der Waals surface area contributed by atoms with E-state index in [1.807, 2.05) is 43.1 Å². The molecule has 0 spiro atoms. The second-order valence-corrected chi connectivity index (χ2v) is 7.75. The van der Waals surface area contributed by atoms with Gasteiger partial charge in [0, 0.05) is 43.4 Å². The number of amides is 1. The van der Waals surface area contributed by atoms with Crippen LogP contribution in [0.1, 0.15) is 32.9 Å². The number of aromatic nitrogens is 2. The van der Waals surface area contributed by atoms with Crippen molar-refractivity contribution < 1.29 is 4.79 Å². The first-order chi connectivity index (χ1) is 11.3. The lowest BCUT2D eigenvalue weighted by Crippen LogP contribution is -2.42. The SMILES string of the molecule is Cc1nc(N(C)CC2CC(=O)N(C(C)(C)C)C2)nc2ccccc12. The number of aryl methyl sites for hydroxylation is 1. The van der Waals surface area contributed by atoms with Gasteiger partial charge in [-0.15, -0.1) is 0 Å². The van der Waals surface area contributed by atoms with E-state index in [1.165, 1.54) is 0 Å². The molecule has 0 N–H and O–H groups in total. The van der Waals surface area contributed by atoms with Crippen LogP contribution in [0.5, 0.6) is 0 Å². The van der Waals surface area contributed by atoms with E-state index in [1.54, 1.807) is 0 Å². The van der Waals surface area contributed by atoms with E-state index in [0.29, 0.717) is 12.3 Å². The molecule has 1 saturated heterocycles. The summed E-state index contributed by atoms with van der Waals surface area (Å²) in [6.07, 6.45) is 0.605. The van der Waals surface area contributed by atoms with Crippen molar-refractivity contribution in [3.63, 3.8) is 0 Å². The van der Waals surface area contributed by atoms with Crippen molar-refractivity contribution in [3.05, 3.63) is 30.0 Å². The fourth-order valence-electron chi connectivity index (χ4n) is 3.41. The number of rotatable bonds is 3. The third-order valence-corrected chi connectivity index (χ3v) is 4.67. The highest BCUT2D eigenvalue weighted by Crippen LogP contribution is 2.27. The van der Waals surface area contributed by atoms with Crippen LogP contribution in [-0.2, 0) is 4.79 Å². The lowest BCUT2D eigenvalue weighted by atomic mass is 10.1. The average molecular weight is 326 g/mol. The van der Waals surface area contributed by atoms with Gasteiger partial charge in [-0.1, -0.05) is 18.2 Å². The highest BCUT2D eigenvalue weighted by molar-refractivity contribution is 5.82. The first kappa shape index (κ1) is 16.7. The predicted octanol–water partition coefficient (Wildman–Crippen LogP) is 3.02. The molecule has 1 amide bonds. The molecule has 24 heavy (non-hydrogen) atoms. The van der Waals surface area contributed by atoms with Gasteiger partial charge in [0.1, 0.15) is 0 Å². The van der Waals surface area contributed by atoms with Crippen molar-refractivity contribution in [1.29, 1.82) is 0 Å². The summed E-state index contributed by atoms with van der Waals surface area (Å²) in [7, 11) is 2.01. The number of carbonyl (C=O) groups excluding carboxylic acids is 1. The molecule has 1 unspecified atom stereocenters. The maximum Gasteiger partial charge on any atom is 0.225 e. The molecule has 1 aliphatic heterocycles. The summed E-state index contributed by atoms with van der Waals surface area (Å²) in [5.74, 6) is 1.29. The fourth-order valence-corrected chi connectivity index (χ4v) is 3.41. The van der Waals surface area contributed by atoms with Crippen molar-refractivity contribution in [3.8, 4) is 0 Å². The van der Waals surface area contributed by atoms with Crippen molar-refractivity contribution in [2.24, 2.45) is 5.92 Å². The van der Waals surface area contributed by atoms with Gasteiger partial charge < -0.3 is 9.80 Å². The molecule has 1 fully saturated rings. The van der Waals surface area contributed by atoms with E-state index in [0.717, 1.165) is 35.6 Å². The van der Waals surface area contributed by atoms with E-state index in [4.69, 9.17) is 0 Å². The summed E-state index contributed by atoms with van der Waals surface area (Å²) < 4.78 is 0. The maximum absolute atomic E-state index is 12.3. The van der Waals surface area contributed by atoms with Gasteiger partial charge in [0.2, 0.25) is 11.9 Å². The molecule has 0 bridgehead atoms. The predicted molar refractivity (Wildman–Crippen MR) is 97.1 cm³/mol. The second kappa shape index (κ2) is 6.04. The summed E-state index contributed by atoms with van der Waals surface area (Å²) >= 11 is 0. The Kier molecular flexibility index (Phi) is 4.20. The third kappa shape index (κ3) is 3.21. The van der Waals surface area contributed by atoms with Crippen LogP contribution in [0.3, 0.4) is 0 Å². The topological polar surface area (TPSA) is 49.3 Å². The minimum Gasteiger partial charge on any atom is -0.344 e. The molecule has 5 nitrogen and oxygen atoms in total. The van der Waals surface area contributed by atoms with Crippen LogP contribution in [0.25, 0.3) is 10.9 Å². The second-order valence-electron chi connectivity index (χ2n) is 7.75. The van der Waals surface area contributed by atoms with Gasteiger partial charge in [-0.25, -0.2) is 9.97 Å². The zero-order valence-corrected chi connectivity index (χ0v) is 15.2. The van der Waals surface area contributed by atoms with Gasteiger partial charge in [0.15, 0.2) is 0 Å². The standard InChI is InChI=1S/C19H26N4O/c1-13-15-8-6-7-9-16(15)21-18(20-13)22(5)11-14-10-17(24)23(12-14)19(2,3)4/h6-9,14H,10-12H2,1-5H3. The third-order valence-electron chi connectivity index (χ3n) is 4.67. The van der Waals surface area contributed by atoms with Crippen LogP contribution in [0, 0.1) is 12.8 Å². The molecule has 0 saturated carbocycles. The number of hydrogen-bond donors (Lipinski definition) is 0. The van der Waals surface area contributed by atoms with Gasteiger partial charge >= 0.3 is 0 Å². The smallest absolute Gasteiger partial charge is 0.225 e. The summed E-state index contributed by atoms with van der Waals surface area (Å²) in [4.78, 5) is 25.6. The van der Waals surface area contributed by atoms with Crippen LogP contribution >= 0.6 is 0 Å². The van der Waals surface area contributed by atoms with E-state index >= 15 is 0 Å².